The van der Waals surface area contributed by atoms with Crippen LogP contribution in [0.5, 0.6) is 0 Å². The van der Waals surface area contributed by atoms with E-state index in [4.69, 9.17) is 14.9 Å². The van der Waals surface area contributed by atoms with Crippen molar-refractivity contribution < 1.29 is 14.9 Å². The van der Waals surface area contributed by atoms with E-state index in [1.54, 1.807) is 12.1 Å². The second-order valence-electron chi connectivity index (χ2n) is 5.71. The van der Waals surface area contributed by atoms with Crippen molar-refractivity contribution in [1.29, 1.82) is 0 Å². The highest BCUT2D eigenvalue weighted by atomic mass is 16.7. The highest BCUT2D eigenvalue weighted by molar-refractivity contribution is 6.58. The summed E-state index contributed by atoms with van der Waals surface area (Å²) >= 11 is 0. The van der Waals surface area contributed by atoms with E-state index in [9.17, 15) is 0 Å². The molecule has 0 aromatic heterocycles. The summed E-state index contributed by atoms with van der Waals surface area (Å²) in [6.45, 7) is 4.29. The molecule has 0 radical (unpaired) electrons. The maximum Gasteiger partial charge on any atom is 0.488 e. The van der Waals surface area contributed by atoms with Crippen molar-refractivity contribution in [1.82, 2.24) is 0 Å². The molecule has 1 unspecified atom stereocenters. The van der Waals surface area contributed by atoms with Crippen molar-refractivity contribution in [3.05, 3.63) is 29.8 Å². The third-order valence-corrected chi connectivity index (χ3v) is 3.77. The average molecular weight is 275 g/mol. The molecule has 1 atom stereocenters. The van der Waals surface area contributed by atoms with Crippen LogP contribution in [-0.2, 0) is 4.84 Å². The molecule has 4 nitrogen and oxygen atoms in total. The van der Waals surface area contributed by atoms with Crippen molar-refractivity contribution in [2.45, 2.75) is 51.6 Å². The topological polar surface area (TPSA) is 62.0 Å². The summed E-state index contributed by atoms with van der Waals surface area (Å²) in [5, 5.41) is 22.4. The summed E-state index contributed by atoms with van der Waals surface area (Å²) in [5.74, 6) is 0. The zero-order valence-electron chi connectivity index (χ0n) is 12.2. The lowest BCUT2D eigenvalue weighted by Gasteiger charge is -2.20. The molecule has 0 aliphatic carbocycles. The van der Waals surface area contributed by atoms with E-state index in [-0.39, 0.29) is 5.60 Å². The van der Waals surface area contributed by atoms with Gasteiger partial charge in [0, 0.05) is 6.42 Å². The molecule has 0 amide bonds. The number of hydrogen-bond acceptors (Lipinski definition) is 4. The molecule has 1 aliphatic rings. The van der Waals surface area contributed by atoms with E-state index >= 15 is 0 Å². The summed E-state index contributed by atoms with van der Waals surface area (Å²) in [5.41, 5.74) is 2.20. The van der Waals surface area contributed by atoms with Gasteiger partial charge in [0.2, 0.25) is 0 Å². The molecule has 1 aromatic carbocycles. The van der Waals surface area contributed by atoms with Gasteiger partial charge in [-0.15, -0.1) is 0 Å². The second-order valence-corrected chi connectivity index (χ2v) is 5.71. The smallest absolute Gasteiger partial charge is 0.423 e. The third kappa shape index (κ3) is 3.61. The molecular weight excluding hydrogens is 253 g/mol. The predicted octanol–water partition coefficient (Wildman–Crippen LogP) is 1.83. The fraction of sp³-hybridized carbons (Fsp3) is 0.533. The zero-order chi connectivity index (χ0) is 14.6. The highest BCUT2D eigenvalue weighted by Crippen LogP contribution is 2.31. The number of rotatable bonds is 6. The van der Waals surface area contributed by atoms with E-state index < -0.39 is 7.12 Å². The minimum Gasteiger partial charge on any atom is -0.423 e. The van der Waals surface area contributed by atoms with Crippen LogP contribution in [0.4, 0.5) is 0 Å². The van der Waals surface area contributed by atoms with E-state index in [0.29, 0.717) is 5.46 Å². The van der Waals surface area contributed by atoms with Crippen molar-refractivity contribution >= 4 is 18.3 Å². The molecule has 5 heteroatoms. The first-order valence-corrected chi connectivity index (χ1v) is 7.25. The van der Waals surface area contributed by atoms with Gasteiger partial charge < -0.3 is 14.9 Å². The lowest BCUT2D eigenvalue weighted by Crippen LogP contribution is -2.29. The third-order valence-electron chi connectivity index (χ3n) is 3.77. The molecular formula is C15H22BNO3. The lowest BCUT2D eigenvalue weighted by atomic mass is 9.79. The normalized spacial score (nSPS) is 21.5. The Morgan fingerprint density at radius 2 is 1.95 bits per heavy atom. The van der Waals surface area contributed by atoms with E-state index in [0.717, 1.165) is 30.5 Å². The fourth-order valence-electron chi connectivity index (χ4n) is 2.47. The summed E-state index contributed by atoms with van der Waals surface area (Å²) < 4.78 is 0. The molecule has 0 saturated heterocycles. The Kier molecular flexibility index (Phi) is 4.84. The van der Waals surface area contributed by atoms with Gasteiger partial charge >= 0.3 is 7.12 Å². The van der Waals surface area contributed by atoms with Crippen molar-refractivity contribution in [2.24, 2.45) is 5.16 Å². The van der Waals surface area contributed by atoms with E-state index in [1.165, 1.54) is 12.8 Å². The van der Waals surface area contributed by atoms with Gasteiger partial charge in [-0.3, -0.25) is 0 Å². The molecule has 0 fully saturated rings. The van der Waals surface area contributed by atoms with Crippen LogP contribution in [0.25, 0.3) is 0 Å². The Hall–Kier alpha value is -1.33. The van der Waals surface area contributed by atoms with Crippen LogP contribution in [0.2, 0.25) is 0 Å². The summed E-state index contributed by atoms with van der Waals surface area (Å²) in [4.78, 5) is 5.62. The van der Waals surface area contributed by atoms with Gasteiger partial charge in [-0.1, -0.05) is 49.2 Å². The average Bonchev–Trinajstić information content (AvgIpc) is 2.82. The maximum atomic E-state index is 9.08. The Morgan fingerprint density at radius 3 is 2.55 bits per heavy atom. The van der Waals surface area contributed by atoms with Crippen molar-refractivity contribution in [2.75, 3.05) is 0 Å². The van der Waals surface area contributed by atoms with Crippen LogP contribution in [0, 0.1) is 0 Å². The molecule has 0 spiro atoms. The van der Waals surface area contributed by atoms with Gasteiger partial charge in [0.1, 0.15) is 5.60 Å². The van der Waals surface area contributed by atoms with Crippen molar-refractivity contribution in [3.8, 4) is 0 Å². The zero-order valence-corrected chi connectivity index (χ0v) is 12.2. The highest BCUT2D eigenvalue weighted by Gasteiger charge is 2.34. The number of hydrogen-bond donors (Lipinski definition) is 2. The Morgan fingerprint density at radius 1 is 1.25 bits per heavy atom. The van der Waals surface area contributed by atoms with Crippen LogP contribution in [0.15, 0.2) is 29.4 Å². The summed E-state index contributed by atoms with van der Waals surface area (Å²) in [7, 11) is -1.43. The number of benzene rings is 1. The first kappa shape index (κ1) is 15.1. The molecule has 1 heterocycles. The lowest BCUT2D eigenvalue weighted by molar-refractivity contribution is -0.0115. The summed E-state index contributed by atoms with van der Waals surface area (Å²) in [6.07, 6.45) is 5.40. The maximum absolute atomic E-state index is 9.08. The molecule has 2 N–H and O–H groups in total. The second kappa shape index (κ2) is 6.42. The Labute approximate surface area is 120 Å². The van der Waals surface area contributed by atoms with E-state index in [2.05, 4.69) is 19.0 Å². The fourth-order valence-corrected chi connectivity index (χ4v) is 2.47. The van der Waals surface area contributed by atoms with Gasteiger partial charge in [-0.05, 0) is 30.8 Å². The molecule has 0 saturated carbocycles. The predicted molar refractivity (Wildman–Crippen MR) is 81.1 cm³/mol. The molecule has 0 bridgehead atoms. The largest absolute Gasteiger partial charge is 0.488 e. The van der Waals surface area contributed by atoms with E-state index in [1.807, 2.05) is 12.1 Å². The van der Waals surface area contributed by atoms with Gasteiger partial charge in [-0.25, -0.2) is 0 Å². The van der Waals surface area contributed by atoms with Crippen LogP contribution in [0.1, 0.15) is 51.5 Å². The SMILES string of the molecule is CCCCCC1(C)CC(c2ccc(B(O)O)cc2)=NO1. The molecule has 20 heavy (non-hydrogen) atoms. The van der Waals surface area contributed by atoms with Crippen molar-refractivity contribution in [3.63, 3.8) is 0 Å². The molecule has 1 aromatic rings. The van der Waals surface area contributed by atoms with Gasteiger partial charge in [-0.2, -0.15) is 0 Å². The van der Waals surface area contributed by atoms with Crippen LogP contribution >= 0.6 is 0 Å². The van der Waals surface area contributed by atoms with Crippen LogP contribution < -0.4 is 5.46 Å². The van der Waals surface area contributed by atoms with Crippen LogP contribution in [0.3, 0.4) is 0 Å². The molecule has 2 rings (SSSR count). The molecule has 1 aliphatic heterocycles. The van der Waals surface area contributed by atoms with Gasteiger partial charge in [0.05, 0.1) is 5.71 Å². The monoisotopic (exact) mass is 275 g/mol. The molecule has 108 valence electrons. The first-order valence-electron chi connectivity index (χ1n) is 7.25. The van der Waals surface area contributed by atoms with Gasteiger partial charge in [0.15, 0.2) is 0 Å². The van der Waals surface area contributed by atoms with Gasteiger partial charge in [0.25, 0.3) is 0 Å². The minimum atomic E-state index is -1.43. The number of unbranched alkanes of at least 4 members (excludes halogenated alkanes) is 2. The Bertz CT molecular complexity index is 473. The Balaban J connectivity index is 1.98. The number of oxime groups is 1. The number of nitrogens with zero attached hydrogens (tertiary/aromatic N) is 1. The quantitative estimate of drug-likeness (QED) is 0.615. The van der Waals surface area contributed by atoms with Crippen LogP contribution in [-0.4, -0.2) is 28.5 Å². The minimum absolute atomic E-state index is 0.195. The summed E-state index contributed by atoms with van der Waals surface area (Å²) in [6, 6.07) is 7.12. The first-order chi connectivity index (χ1) is 9.54. The standard InChI is InChI=1S/C15H22BNO3/c1-3-4-5-10-15(2)11-14(17-20-15)12-6-8-13(9-7-12)16(18)19/h6-9,18-19H,3-5,10-11H2,1-2H3.